The van der Waals surface area contributed by atoms with Gasteiger partial charge in [0.15, 0.2) is 0 Å². The van der Waals surface area contributed by atoms with Gasteiger partial charge in [-0.2, -0.15) is 0 Å². The molecule has 0 radical (unpaired) electrons. The van der Waals surface area contributed by atoms with Crippen LogP contribution in [0.2, 0.25) is 0 Å². The highest BCUT2D eigenvalue weighted by Crippen LogP contribution is 2.48. The molecule has 0 fully saturated rings. The van der Waals surface area contributed by atoms with Crippen LogP contribution in [0.3, 0.4) is 0 Å². The Bertz CT molecular complexity index is 875. The van der Waals surface area contributed by atoms with Crippen molar-refractivity contribution < 1.29 is 14.6 Å². The van der Waals surface area contributed by atoms with Crippen LogP contribution in [-0.2, 0) is 9.48 Å². The molecule has 0 saturated carbocycles. The lowest BCUT2D eigenvalue weighted by atomic mass is 9.84. The lowest BCUT2D eigenvalue weighted by Gasteiger charge is -2.35. The molecular weight excluding hydrogens is 418 g/mol. The normalized spacial score (nSPS) is 12.8. The maximum Gasteiger partial charge on any atom is 0.409 e. The number of hydrogen-bond donors (Lipinski definition) is 2. The van der Waals surface area contributed by atoms with Crippen LogP contribution in [0.15, 0.2) is 91.0 Å². The lowest BCUT2D eigenvalue weighted by molar-refractivity contribution is 0.0355. The summed E-state index contributed by atoms with van der Waals surface area (Å²) in [4.78, 5) is 12.0. The van der Waals surface area contributed by atoms with Crippen molar-refractivity contribution >= 4 is 17.9 Å². The fourth-order valence-corrected chi connectivity index (χ4v) is 5.16. The molecule has 0 spiro atoms. The van der Waals surface area contributed by atoms with E-state index in [1.165, 1.54) is 0 Å². The molecule has 0 saturated heterocycles. The third kappa shape index (κ3) is 6.15. The van der Waals surface area contributed by atoms with Crippen molar-refractivity contribution in [2.75, 3.05) is 5.75 Å². The molecular formula is C27H31NO3S. The number of amides is 1. The second-order valence-corrected chi connectivity index (χ2v) is 9.89. The largest absolute Gasteiger partial charge is 0.444 e. The highest BCUT2D eigenvalue weighted by atomic mass is 32.2. The van der Waals surface area contributed by atoms with E-state index in [4.69, 9.17) is 4.74 Å². The number of alkyl carbamates (subject to hydrolysis) is 1. The van der Waals surface area contributed by atoms with Crippen molar-refractivity contribution in [2.24, 2.45) is 0 Å². The predicted octanol–water partition coefficient (Wildman–Crippen LogP) is 5.94. The molecule has 0 aliphatic heterocycles. The molecule has 5 heteroatoms. The Kier molecular flexibility index (Phi) is 7.99. The van der Waals surface area contributed by atoms with E-state index in [9.17, 15) is 9.90 Å². The minimum Gasteiger partial charge on any atom is -0.444 e. The molecule has 0 heterocycles. The molecule has 1 amide bonds. The quantitative estimate of drug-likeness (QED) is 0.330. The highest BCUT2D eigenvalue weighted by Gasteiger charge is 2.36. The molecule has 3 aromatic rings. The summed E-state index contributed by atoms with van der Waals surface area (Å²) in [6.07, 6.45) is -1.22. The van der Waals surface area contributed by atoms with Crippen LogP contribution >= 0.6 is 11.8 Å². The zero-order valence-electron chi connectivity index (χ0n) is 18.8. The molecule has 32 heavy (non-hydrogen) atoms. The first-order valence-corrected chi connectivity index (χ1v) is 11.8. The van der Waals surface area contributed by atoms with E-state index in [2.05, 4.69) is 78.1 Å². The van der Waals surface area contributed by atoms with E-state index in [1.807, 2.05) is 18.2 Å². The molecule has 0 bridgehead atoms. The first-order chi connectivity index (χ1) is 15.3. The summed E-state index contributed by atoms with van der Waals surface area (Å²) < 4.78 is 4.80. The van der Waals surface area contributed by atoms with Gasteiger partial charge in [-0.15, -0.1) is 11.8 Å². The van der Waals surface area contributed by atoms with Gasteiger partial charge in [0, 0.05) is 6.42 Å². The van der Waals surface area contributed by atoms with Gasteiger partial charge in [0.2, 0.25) is 0 Å². The van der Waals surface area contributed by atoms with E-state index >= 15 is 0 Å². The molecule has 1 atom stereocenters. The predicted molar refractivity (Wildman–Crippen MR) is 132 cm³/mol. The molecule has 0 aliphatic carbocycles. The van der Waals surface area contributed by atoms with E-state index in [-0.39, 0.29) is 0 Å². The fourth-order valence-electron chi connectivity index (χ4n) is 3.61. The fraction of sp³-hybridized carbons (Fsp3) is 0.296. The number of carbonyl (C=O) groups is 1. The lowest BCUT2D eigenvalue weighted by Crippen LogP contribution is -2.39. The molecule has 0 aromatic heterocycles. The Morgan fingerprint density at radius 2 is 1.25 bits per heavy atom. The standard InChI is InChI=1S/C27H31NO3S/c1-26(2,3)31-25(30)28-24(29)19-20-32-27(21-13-7-4-8-14-21,22-15-9-5-10-16-22)23-17-11-6-12-18-23/h4-18,24,29H,19-20H2,1-3H3,(H,28,30)/t24-/m1/s1. The van der Waals surface area contributed by atoms with Crippen LogP contribution in [0.4, 0.5) is 4.79 Å². The summed E-state index contributed by atoms with van der Waals surface area (Å²) in [5.74, 6) is 0.621. The maximum absolute atomic E-state index is 12.0. The average Bonchev–Trinajstić information content (AvgIpc) is 2.77. The Hall–Kier alpha value is -2.76. The second kappa shape index (κ2) is 10.7. The number of nitrogens with one attached hydrogen (secondary N) is 1. The van der Waals surface area contributed by atoms with Gasteiger partial charge >= 0.3 is 6.09 Å². The Labute approximate surface area is 195 Å². The smallest absolute Gasteiger partial charge is 0.409 e. The number of hydrogen-bond acceptors (Lipinski definition) is 4. The maximum atomic E-state index is 12.0. The van der Waals surface area contributed by atoms with Crippen molar-refractivity contribution in [1.29, 1.82) is 0 Å². The summed E-state index contributed by atoms with van der Waals surface area (Å²) in [5.41, 5.74) is 2.88. The van der Waals surface area contributed by atoms with Crippen molar-refractivity contribution in [2.45, 2.75) is 43.8 Å². The van der Waals surface area contributed by atoms with Crippen LogP contribution in [0.25, 0.3) is 0 Å². The zero-order valence-corrected chi connectivity index (χ0v) is 19.6. The zero-order chi connectivity index (χ0) is 23.0. The van der Waals surface area contributed by atoms with Crippen LogP contribution in [0.5, 0.6) is 0 Å². The van der Waals surface area contributed by atoms with Gasteiger partial charge in [-0.25, -0.2) is 4.79 Å². The number of carbonyl (C=O) groups excluding carboxylic acids is 1. The van der Waals surface area contributed by atoms with Crippen molar-refractivity contribution in [1.82, 2.24) is 5.32 Å². The first-order valence-electron chi connectivity index (χ1n) is 10.8. The Morgan fingerprint density at radius 1 is 0.844 bits per heavy atom. The number of ether oxygens (including phenoxy) is 1. The van der Waals surface area contributed by atoms with Crippen LogP contribution in [0, 0.1) is 0 Å². The van der Waals surface area contributed by atoms with E-state index in [0.717, 1.165) is 16.7 Å². The number of aliphatic hydroxyl groups excluding tert-OH is 1. The van der Waals surface area contributed by atoms with Crippen molar-refractivity contribution in [3.8, 4) is 0 Å². The summed E-state index contributed by atoms with van der Waals surface area (Å²) >= 11 is 1.74. The molecule has 4 nitrogen and oxygen atoms in total. The van der Waals surface area contributed by atoms with Gasteiger partial charge in [0.1, 0.15) is 11.8 Å². The molecule has 168 valence electrons. The van der Waals surface area contributed by atoms with Gasteiger partial charge in [-0.3, -0.25) is 5.32 Å². The van der Waals surface area contributed by atoms with Crippen molar-refractivity contribution in [3.63, 3.8) is 0 Å². The van der Waals surface area contributed by atoms with Crippen LogP contribution in [0.1, 0.15) is 43.9 Å². The number of benzene rings is 3. The van der Waals surface area contributed by atoms with Gasteiger partial charge in [0.25, 0.3) is 0 Å². The van der Waals surface area contributed by atoms with Crippen LogP contribution < -0.4 is 5.32 Å². The first kappa shape index (κ1) is 23.9. The van der Waals surface area contributed by atoms with E-state index in [0.29, 0.717) is 12.2 Å². The molecule has 2 N–H and O–H groups in total. The number of thioether (sulfide) groups is 1. The Morgan fingerprint density at radius 3 is 1.62 bits per heavy atom. The van der Waals surface area contributed by atoms with Gasteiger partial charge in [0.05, 0.1) is 4.75 Å². The SMILES string of the molecule is CC(C)(C)OC(=O)N[C@H](O)CCSC(c1ccccc1)(c1ccccc1)c1ccccc1. The summed E-state index contributed by atoms with van der Waals surface area (Å²) in [6.45, 7) is 5.38. The Balaban J connectivity index is 1.86. The molecule has 0 unspecified atom stereocenters. The minimum atomic E-state index is -0.989. The summed E-state index contributed by atoms with van der Waals surface area (Å²) in [6, 6.07) is 31.2. The molecule has 3 rings (SSSR count). The van der Waals surface area contributed by atoms with Gasteiger partial charge in [-0.05, 0) is 43.2 Å². The third-order valence-corrected chi connectivity index (χ3v) is 6.51. The topological polar surface area (TPSA) is 58.6 Å². The summed E-state index contributed by atoms with van der Waals surface area (Å²) in [5, 5.41) is 12.9. The van der Waals surface area contributed by atoms with Crippen molar-refractivity contribution in [3.05, 3.63) is 108 Å². The highest BCUT2D eigenvalue weighted by molar-refractivity contribution is 8.00. The third-order valence-electron chi connectivity index (χ3n) is 4.93. The van der Waals surface area contributed by atoms with E-state index in [1.54, 1.807) is 32.5 Å². The second-order valence-electron chi connectivity index (χ2n) is 8.58. The van der Waals surface area contributed by atoms with E-state index < -0.39 is 22.7 Å². The molecule has 3 aromatic carbocycles. The van der Waals surface area contributed by atoms with Gasteiger partial charge < -0.3 is 9.84 Å². The number of rotatable bonds is 8. The van der Waals surface area contributed by atoms with Crippen LogP contribution in [-0.4, -0.2) is 28.8 Å². The summed E-state index contributed by atoms with van der Waals surface area (Å²) in [7, 11) is 0. The van der Waals surface area contributed by atoms with Gasteiger partial charge in [-0.1, -0.05) is 91.0 Å². The minimum absolute atomic E-state index is 0.387. The number of aliphatic hydroxyl groups is 1. The molecule has 0 aliphatic rings. The monoisotopic (exact) mass is 449 g/mol. The average molecular weight is 450 g/mol.